The van der Waals surface area contributed by atoms with E-state index in [1.165, 1.54) is 7.11 Å². The van der Waals surface area contributed by atoms with Gasteiger partial charge in [-0.05, 0) is 40.6 Å². The number of para-hydroxylation sites is 1. The van der Waals surface area contributed by atoms with Crippen molar-refractivity contribution in [2.24, 2.45) is 0 Å². The van der Waals surface area contributed by atoms with Gasteiger partial charge in [0.1, 0.15) is 5.75 Å². The van der Waals surface area contributed by atoms with Gasteiger partial charge in [-0.15, -0.1) is 0 Å². The number of methoxy groups -OCH3 is 1. The first-order valence-corrected chi connectivity index (χ1v) is 9.95. The normalized spacial score (nSPS) is 10.5. The van der Waals surface area contributed by atoms with Crippen molar-refractivity contribution in [3.05, 3.63) is 108 Å². The Bertz CT molecular complexity index is 1240. The molecule has 0 aliphatic heterocycles. The number of amides is 2. The quantitative estimate of drug-likeness (QED) is 0.468. The standard InChI is InChI=1S/C26H22N2O3/c1-31-24-16-20-12-6-5-11-19(20)15-22(24)26(30)28-23-14-8-7-13-21(23)25(29)27-17-18-9-3-2-4-10-18/h2-16H,17H2,1H3,(H,27,29)(H,28,30). The van der Waals surface area contributed by atoms with E-state index < -0.39 is 0 Å². The summed E-state index contributed by atoms with van der Waals surface area (Å²) in [6, 6.07) is 28.0. The molecule has 2 amide bonds. The van der Waals surface area contributed by atoms with Gasteiger partial charge in [0.25, 0.3) is 11.8 Å². The Morgan fingerprint density at radius 3 is 2.13 bits per heavy atom. The molecule has 0 fully saturated rings. The molecule has 5 nitrogen and oxygen atoms in total. The van der Waals surface area contributed by atoms with Crippen LogP contribution in [0.1, 0.15) is 26.3 Å². The number of benzene rings is 4. The molecule has 0 radical (unpaired) electrons. The van der Waals surface area contributed by atoms with Gasteiger partial charge in [-0.1, -0.05) is 66.7 Å². The number of rotatable bonds is 6. The molecule has 0 spiro atoms. The van der Waals surface area contributed by atoms with E-state index in [4.69, 9.17) is 4.74 Å². The van der Waals surface area contributed by atoms with E-state index in [1.807, 2.05) is 60.7 Å². The van der Waals surface area contributed by atoms with Crippen LogP contribution >= 0.6 is 0 Å². The van der Waals surface area contributed by atoms with Crippen LogP contribution in [0, 0.1) is 0 Å². The van der Waals surface area contributed by atoms with Crippen LogP contribution in [-0.4, -0.2) is 18.9 Å². The van der Waals surface area contributed by atoms with Gasteiger partial charge in [0, 0.05) is 6.54 Å². The summed E-state index contributed by atoms with van der Waals surface area (Å²) >= 11 is 0. The van der Waals surface area contributed by atoms with Crippen LogP contribution in [0.15, 0.2) is 91.0 Å². The van der Waals surface area contributed by atoms with Crippen molar-refractivity contribution in [2.75, 3.05) is 12.4 Å². The van der Waals surface area contributed by atoms with Crippen LogP contribution in [0.4, 0.5) is 5.69 Å². The highest BCUT2D eigenvalue weighted by atomic mass is 16.5. The molecule has 0 heterocycles. The molecule has 0 saturated carbocycles. The van der Waals surface area contributed by atoms with E-state index >= 15 is 0 Å². The van der Waals surface area contributed by atoms with Crippen molar-refractivity contribution in [3.8, 4) is 5.75 Å². The Morgan fingerprint density at radius 2 is 1.39 bits per heavy atom. The summed E-state index contributed by atoms with van der Waals surface area (Å²) in [5.41, 5.74) is 2.23. The first kappa shape index (κ1) is 20.2. The highest BCUT2D eigenvalue weighted by Crippen LogP contribution is 2.27. The van der Waals surface area contributed by atoms with Crippen molar-refractivity contribution in [1.82, 2.24) is 5.32 Å². The van der Waals surface area contributed by atoms with Gasteiger partial charge in [0.05, 0.1) is 23.9 Å². The topological polar surface area (TPSA) is 67.4 Å². The minimum Gasteiger partial charge on any atom is -0.496 e. The van der Waals surface area contributed by atoms with E-state index in [-0.39, 0.29) is 11.8 Å². The maximum atomic E-state index is 13.1. The molecule has 154 valence electrons. The van der Waals surface area contributed by atoms with Crippen LogP contribution < -0.4 is 15.4 Å². The molecule has 0 atom stereocenters. The number of fused-ring (bicyclic) bond motifs is 1. The van der Waals surface area contributed by atoms with Crippen molar-refractivity contribution >= 4 is 28.3 Å². The first-order chi connectivity index (χ1) is 15.2. The van der Waals surface area contributed by atoms with E-state index in [1.54, 1.807) is 30.3 Å². The zero-order valence-electron chi connectivity index (χ0n) is 17.1. The molecule has 4 aromatic carbocycles. The predicted octanol–water partition coefficient (Wildman–Crippen LogP) is 5.03. The molecule has 0 aliphatic rings. The molecular weight excluding hydrogens is 388 g/mol. The van der Waals surface area contributed by atoms with Gasteiger partial charge in [0.2, 0.25) is 0 Å². The molecule has 0 aromatic heterocycles. The van der Waals surface area contributed by atoms with Crippen LogP contribution in [0.25, 0.3) is 10.8 Å². The van der Waals surface area contributed by atoms with Gasteiger partial charge in [-0.3, -0.25) is 9.59 Å². The number of nitrogens with one attached hydrogen (secondary N) is 2. The van der Waals surface area contributed by atoms with Crippen LogP contribution in [0.3, 0.4) is 0 Å². The second-order valence-electron chi connectivity index (χ2n) is 7.07. The molecule has 5 heteroatoms. The lowest BCUT2D eigenvalue weighted by atomic mass is 10.0. The van der Waals surface area contributed by atoms with Gasteiger partial charge in [0.15, 0.2) is 0 Å². The summed E-state index contributed by atoms with van der Waals surface area (Å²) < 4.78 is 5.44. The summed E-state index contributed by atoms with van der Waals surface area (Å²) in [6.45, 7) is 0.403. The van der Waals surface area contributed by atoms with Crippen LogP contribution in [0.2, 0.25) is 0 Å². The Hall–Kier alpha value is -4.12. The van der Waals surface area contributed by atoms with E-state index in [9.17, 15) is 9.59 Å². The largest absolute Gasteiger partial charge is 0.496 e. The maximum Gasteiger partial charge on any atom is 0.259 e. The molecule has 4 aromatic rings. The van der Waals surface area contributed by atoms with Gasteiger partial charge in [-0.2, -0.15) is 0 Å². The highest BCUT2D eigenvalue weighted by Gasteiger charge is 2.17. The Kier molecular flexibility index (Phi) is 5.94. The predicted molar refractivity (Wildman–Crippen MR) is 123 cm³/mol. The van der Waals surface area contributed by atoms with Crippen molar-refractivity contribution in [1.29, 1.82) is 0 Å². The number of anilines is 1. The smallest absolute Gasteiger partial charge is 0.259 e. The molecule has 0 unspecified atom stereocenters. The Balaban J connectivity index is 1.57. The minimum atomic E-state index is -0.342. The average Bonchev–Trinajstić information content (AvgIpc) is 2.82. The molecule has 0 saturated heterocycles. The fraction of sp³-hybridized carbons (Fsp3) is 0.0769. The molecular formula is C26H22N2O3. The lowest BCUT2D eigenvalue weighted by Crippen LogP contribution is -2.25. The van der Waals surface area contributed by atoms with Gasteiger partial charge in [-0.25, -0.2) is 0 Å². The number of carbonyl (C=O) groups excluding carboxylic acids is 2. The Labute approximate surface area is 180 Å². The molecule has 0 aliphatic carbocycles. The zero-order valence-corrected chi connectivity index (χ0v) is 17.1. The lowest BCUT2D eigenvalue weighted by molar-refractivity contribution is 0.0952. The third-order valence-electron chi connectivity index (χ3n) is 5.03. The average molecular weight is 410 g/mol. The number of hydrogen-bond acceptors (Lipinski definition) is 3. The molecule has 2 N–H and O–H groups in total. The first-order valence-electron chi connectivity index (χ1n) is 9.95. The van der Waals surface area contributed by atoms with Gasteiger partial charge < -0.3 is 15.4 Å². The summed E-state index contributed by atoms with van der Waals surface area (Å²) in [6.07, 6.45) is 0. The summed E-state index contributed by atoms with van der Waals surface area (Å²) in [4.78, 5) is 25.8. The summed E-state index contributed by atoms with van der Waals surface area (Å²) in [5, 5.41) is 7.68. The van der Waals surface area contributed by atoms with Crippen molar-refractivity contribution in [2.45, 2.75) is 6.54 Å². The third kappa shape index (κ3) is 4.56. The Morgan fingerprint density at radius 1 is 0.742 bits per heavy atom. The van der Waals surface area contributed by atoms with E-state index in [0.29, 0.717) is 29.1 Å². The van der Waals surface area contributed by atoms with Crippen molar-refractivity contribution in [3.63, 3.8) is 0 Å². The second kappa shape index (κ2) is 9.13. The molecule has 4 rings (SSSR count). The number of carbonyl (C=O) groups is 2. The molecule has 0 bridgehead atoms. The zero-order chi connectivity index (χ0) is 21.6. The lowest BCUT2D eigenvalue weighted by Gasteiger charge is -2.14. The number of ether oxygens (including phenoxy) is 1. The maximum absolute atomic E-state index is 13.1. The third-order valence-corrected chi connectivity index (χ3v) is 5.03. The second-order valence-corrected chi connectivity index (χ2v) is 7.07. The number of hydrogen-bond donors (Lipinski definition) is 2. The fourth-order valence-electron chi connectivity index (χ4n) is 3.42. The monoisotopic (exact) mass is 410 g/mol. The summed E-state index contributed by atoms with van der Waals surface area (Å²) in [7, 11) is 1.53. The van der Waals surface area contributed by atoms with E-state index in [2.05, 4.69) is 10.6 Å². The molecule has 31 heavy (non-hydrogen) atoms. The highest BCUT2D eigenvalue weighted by molar-refractivity contribution is 6.11. The van der Waals surface area contributed by atoms with Crippen molar-refractivity contribution < 1.29 is 14.3 Å². The fourth-order valence-corrected chi connectivity index (χ4v) is 3.42. The van der Waals surface area contributed by atoms with Crippen LogP contribution in [-0.2, 0) is 6.54 Å². The minimum absolute atomic E-state index is 0.259. The van der Waals surface area contributed by atoms with E-state index in [0.717, 1.165) is 16.3 Å². The van der Waals surface area contributed by atoms with Gasteiger partial charge >= 0.3 is 0 Å². The summed E-state index contributed by atoms with van der Waals surface area (Å²) in [5.74, 6) is -0.127. The van der Waals surface area contributed by atoms with Crippen LogP contribution in [0.5, 0.6) is 5.75 Å². The SMILES string of the molecule is COc1cc2ccccc2cc1C(=O)Nc1ccccc1C(=O)NCc1ccccc1.